The number of thiophene rings is 1. The average molecular weight is 414 g/mol. The largest absolute Gasteiger partial charge is 0.366 e. The summed E-state index contributed by atoms with van der Waals surface area (Å²) >= 11 is 6.97. The van der Waals surface area contributed by atoms with Crippen LogP contribution in [0, 0.1) is 0 Å². The maximum atomic E-state index is 12.9. The Bertz CT molecular complexity index is 941. The van der Waals surface area contributed by atoms with Crippen LogP contribution in [0.25, 0.3) is 0 Å². The molecule has 1 saturated heterocycles. The van der Waals surface area contributed by atoms with E-state index in [9.17, 15) is 18.0 Å². The highest BCUT2D eigenvalue weighted by Gasteiger charge is 2.39. The Balaban J connectivity index is 1.83. The van der Waals surface area contributed by atoms with E-state index in [2.05, 4.69) is 5.32 Å². The molecular weight excluding hydrogens is 398 g/mol. The van der Waals surface area contributed by atoms with E-state index >= 15 is 0 Å². The molecule has 0 saturated carbocycles. The Morgan fingerprint density at radius 3 is 2.58 bits per heavy atom. The zero-order valence-electron chi connectivity index (χ0n) is 13.5. The van der Waals surface area contributed by atoms with Gasteiger partial charge in [-0.1, -0.05) is 11.6 Å². The first-order chi connectivity index (χ1) is 12.3. The van der Waals surface area contributed by atoms with Gasteiger partial charge in [-0.25, -0.2) is 8.42 Å². The highest BCUT2D eigenvalue weighted by atomic mass is 35.5. The zero-order chi connectivity index (χ0) is 18.9. The molecule has 0 radical (unpaired) electrons. The van der Waals surface area contributed by atoms with E-state index in [0.717, 1.165) is 11.3 Å². The fraction of sp³-hybridized carbons (Fsp3) is 0.250. The Labute approximate surface area is 159 Å². The lowest BCUT2D eigenvalue weighted by Crippen LogP contribution is -2.43. The fourth-order valence-corrected chi connectivity index (χ4v) is 5.40. The van der Waals surface area contributed by atoms with Crippen molar-refractivity contribution in [1.29, 1.82) is 0 Å². The van der Waals surface area contributed by atoms with Gasteiger partial charge >= 0.3 is 0 Å². The van der Waals surface area contributed by atoms with Crippen molar-refractivity contribution in [3.63, 3.8) is 0 Å². The summed E-state index contributed by atoms with van der Waals surface area (Å²) < 4.78 is 26.9. The number of sulfonamides is 1. The number of carbonyl (C=O) groups excluding carboxylic acids is 2. The Hall–Kier alpha value is -1.94. The lowest BCUT2D eigenvalue weighted by atomic mass is 10.2. The molecule has 10 heteroatoms. The van der Waals surface area contributed by atoms with E-state index in [1.807, 2.05) is 0 Å². The third-order valence-corrected chi connectivity index (χ3v) is 7.10. The van der Waals surface area contributed by atoms with Gasteiger partial charge in [-0.15, -0.1) is 11.3 Å². The van der Waals surface area contributed by atoms with Crippen LogP contribution >= 0.6 is 22.9 Å². The fourth-order valence-electron chi connectivity index (χ4n) is 2.83. The summed E-state index contributed by atoms with van der Waals surface area (Å²) in [5.41, 5.74) is 5.47. The van der Waals surface area contributed by atoms with E-state index < -0.39 is 27.9 Å². The van der Waals surface area contributed by atoms with E-state index in [0.29, 0.717) is 22.9 Å². The second-order valence-electron chi connectivity index (χ2n) is 5.74. The predicted molar refractivity (Wildman–Crippen MR) is 99.8 cm³/mol. The molecule has 0 unspecified atom stereocenters. The molecule has 1 atom stereocenters. The second-order valence-corrected chi connectivity index (χ2v) is 8.99. The van der Waals surface area contributed by atoms with Crippen molar-refractivity contribution in [2.45, 2.75) is 23.8 Å². The molecule has 138 valence electrons. The SMILES string of the molecule is NC(=O)c1ccsc1NC(=O)[C@@H]1CCCN1S(=O)(=O)c1ccc(Cl)cc1. The molecule has 0 spiro atoms. The third kappa shape index (κ3) is 3.61. The van der Waals surface area contributed by atoms with Gasteiger partial charge in [-0.2, -0.15) is 4.31 Å². The van der Waals surface area contributed by atoms with Crippen molar-refractivity contribution in [2.75, 3.05) is 11.9 Å². The minimum absolute atomic E-state index is 0.0792. The van der Waals surface area contributed by atoms with Crippen molar-refractivity contribution >= 4 is 49.8 Å². The number of hydrogen-bond donors (Lipinski definition) is 2. The summed E-state index contributed by atoms with van der Waals surface area (Å²) in [6, 6.07) is 6.47. The van der Waals surface area contributed by atoms with Crippen molar-refractivity contribution in [1.82, 2.24) is 4.31 Å². The van der Waals surface area contributed by atoms with Crippen LogP contribution in [0.1, 0.15) is 23.2 Å². The molecule has 1 aliphatic heterocycles. The summed E-state index contributed by atoms with van der Waals surface area (Å²) in [6.45, 7) is 0.246. The first-order valence-corrected chi connectivity index (χ1v) is 10.5. The minimum atomic E-state index is -3.83. The Morgan fingerprint density at radius 2 is 1.92 bits per heavy atom. The minimum Gasteiger partial charge on any atom is -0.366 e. The summed E-state index contributed by atoms with van der Waals surface area (Å²) in [5.74, 6) is -1.14. The average Bonchev–Trinajstić information content (AvgIpc) is 3.24. The van der Waals surface area contributed by atoms with Crippen LogP contribution in [0.15, 0.2) is 40.6 Å². The number of carbonyl (C=O) groups is 2. The molecule has 3 rings (SSSR count). The van der Waals surface area contributed by atoms with Gasteiger partial charge in [0.05, 0.1) is 10.5 Å². The van der Waals surface area contributed by atoms with Gasteiger partial charge in [0.2, 0.25) is 15.9 Å². The quantitative estimate of drug-likeness (QED) is 0.783. The topological polar surface area (TPSA) is 110 Å². The molecule has 2 aromatic rings. The highest BCUT2D eigenvalue weighted by molar-refractivity contribution is 7.89. The van der Waals surface area contributed by atoms with Gasteiger partial charge in [-0.05, 0) is 48.6 Å². The summed E-state index contributed by atoms with van der Waals surface area (Å²) in [5, 5.41) is 5.00. The van der Waals surface area contributed by atoms with Crippen LogP contribution in [-0.2, 0) is 14.8 Å². The highest BCUT2D eigenvalue weighted by Crippen LogP contribution is 2.29. The molecule has 2 amide bonds. The van der Waals surface area contributed by atoms with E-state index in [1.165, 1.54) is 34.6 Å². The zero-order valence-corrected chi connectivity index (χ0v) is 15.9. The molecule has 2 heterocycles. The van der Waals surface area contributed by atoms with Gasteiger partial charge in [-0.3, -0.25) is 9.59 Å². The van der Waals surface area contributed by atoms with E-state index in [-0.39, 0.29) is 17.0 Å². The van der Waals surface area contributed by atoms with Gasteiger partial charge in [0.1, 0.15) is 11.0 Å². The number of hydrogen-bond acceptors (Lipinski definition) is 5. The lowest BCUT2D eigenvalue weighted by molar-refractivity contribution is -0.119. The van der Waals surface area contributed by atoms with Crippen LogP contribution in [0.2, 0.25) is 5.02 Å². The molecule has 0 bridgehead atoms. The monoisotopic (exact) mass is 413 g/mol. The Morgan fingerprint density at radius 1 is 1.23 bits per heavy atom. The van der Waals surface area contributed by atoms with Crippen LogP contribution in [0.3, 0.4) is 0 Å². The number of benzene rings is 1. The number of nitrogens with zero attached hydrogens (tertiary/aromatic N) is 1. The lowest BCUT2D eigenvalue weighted by Gasteiger charge is -2.23. The number of anilines is 1. The van der Waals surface area contributed by atoms with Gasteiger partial charge < -0.3 is 11.1 Å². The molecule has 1 aromatic heterocycles. The van der Waals surface area contributed by atoms with Gasteiger partial charge in [0.15, 0.2) is 0 Å². The molecule has 3 N–H and O–H groups in total. The maximum Gasteiger partial charge on any atom is 0.251 e. The van der Waals surface area contributed by atoms with Gasteiger partial charge in [0.25, 0.3) is 5.91 Å². The van der Waals surface area contributed by atoms with E-state index in [4.69, 9.17) is 17.3 Å². The number of primary amides is 1. The molecule has 7 nitrogen and oxygen atoms in total. The van der Waals surface area contributed by atoms with Crippen molar-refractivity contribution in [3.05, 3.63) is 46.3 Å². The molecule has 1 aromatic carbocycles. The molecule has 26 heavy (non-hydrogen) atoms. The smallest absolute Gasteiger partial charge is 0.251 e. The van der Waals surface area contributed by atoms with Crippen LogP contribution < -0.4 is 11.1 Å². The summed E-state index contributed by atoms with van der Waals surface area (Å²) in [4.78, 5) is 24.1. The number of nitrogens with one attached hydrogen (secondary N) is 1. The van der Waals surface area contributed by atoms with Gasteiger partial charge in [0, 0.05) is 11.6 Å². The number of amides is 2. The van der Waals surface area contributed by atoms with Crippen molar-refractivity contribution in [3.8, 4) is 0 Å². The first kappa shape index (κ1) is 18.8. The Kier molecular flexibility index (Phi) is 5.33. The standard InChI is InChI=1S/C16H16ClN3O4S2/c17-10-3-5-11(6-4-10)26(23,24)20-8-1-2-13(20)15(22)19-16-12(14(18)21)7-9-25-16/h3-7,9,13H,1-2,8H2,(H2,18,21)(H,19,22)/t13-/m0/s1. The summed E-state index contributed by atoms with van der Waals surface area (Å²) in [6.07, 6.45) is 0.966. The molecule has 0 aliphatic carbocycles. The maximum absolute atomic E-state index is 12.9. The van der Waals surface area contributed by atoms with Crippen LogP contribution in [-0.4, -0.2) is 37.1 Å². The molecule has 1 aliphatic rings. The first-order valence-electron chi connectivity index (χ1n) is 7.76. The number of halogens is 1. The number of rotatable bonds is 5. The molecule has 1 fully saturated rings. The third-order valence-electron chi connectivity index (χ3n) is 4.09. The second kappa shape index (κ2) is 7.36. The predicted octanol–water partition coefficient (Wildman–Crippen LogP) is 2.29. The molecular formula is C16H16ClN3O4S2. The van der Waals surface area contributed by atoms with E-state index in [1.54, 1.807) is 5.38 Å². The summed E-state index contributed by atoms with van der Waals surface area (Å²) in [7, 11) is -3.83. The van der Waals surface area contributed by atoms with Crippen LogP contribution in [0.5, 0.6) is 0 Å². The van der Waals surface area contributed by atoms with Crippen LogP contribution in [0.4, 0.5) is 5.00 Å². The normalized spacial score (nSPS) is 18.0. The van der Waals surface area contributed by atoms with Crippen molar-refractivity contribution in [2.24, 2.45) is 5.73 Å². The van der Waals surface area contributed by atoms with Crippen molar-refractivity contribution < 1.29 is 18.0 Å². The number of nitrogens with two attached hydrogens (primary N) is 1.